The molecule has 0 aromatic heterocycles. The first kappa shape index (κ1) is 13.0. The van der Waals surface area contributed by atoms with E-state index in [0.29, 0.717) is 0 Å². The van der Waals surface area contributed by atoms with Crippen molar-refractivity contribution in [3.63, 3.8) is 0 Å². The predicted octanol–water partition coefficient (Wildman–Crippen LogP) is 0.354. The lowest BCUT2D eigenvalue weighted by Gasteiger charge is -2.25. The Morgan fingerprint density at radius 1 is 1.38 bits per heavy atom. The molecule has 0 bridgehead atoms. The van der Waals surface area contributed by atoms with Crippen molar-refractivity contribution in [2.24, 2.45) is 5.92 Å². The van der Waals surface area contributed by atoms with E-state index in [4.69, 9.17) is 5.11 Å². The highest BCUT2D eigenvalue weighted by molar-refractivity contribution is 5.87. The van der Waals surface area contributed by atoms with Crippen LogP contribution in [-0.2, 0) is 9.59 Å². The lowest BCUT2D eigenvalue weighted by atomic mass is 10.0. The number of nitrogens with one attached hydrogen (secondary N) is 2. The zero-order valence-electron chi connectivity index (χ0n) is 9.82. The summed E-state index contributed by atoms with van der Waals surface area (Å²) >= 11 is 0. The molecule has 1 saturated heterocycles. The van der Waals surface area contributed by atoms with Gasteiger partial charge in [-0.3, -0.25) is 4.79 Å². The molecule has 5 heteroatoms. The van der Waals surface area contributed by atoms with Crippen LogP contribution >= 0.6 is 0 Å². The molecule has 0 aromatic rings. The molecule has 1 heterocycles. The van der Waals surface area contributed by atoms with Crippen molar-refractivity contribution < 1.29 is 14.7 Å². The number of carbonyl (C=O) groups is 2. The molecule has 0 radical (unpaired) electrons. The lowest BCUT2D eigenvalue weighted by molar-refractivity contribution is -0.143. The van der Waals surface area contributed by atoms with Crippen molar-refractivity contribution in [1.82, 2.24) is 10.6 Å². The zero-order chi connectivity index (χ0) is 12.1. The topological polar surface area (TPSA) is 78.4 Å². The summed E-state index contributed by atoms with van der Waals surface area (Å²) in [5.41, 5.74) is 0. The number of amides is 1. The summed E-state index contributed by atoms with van der Waals surface area (Å²) in [5, 5.41) is 14.6. The Bertz CT molecular complexity index is 260. The van der Waals surface area contributed by atoms with Crippen LogP contribution in [0, 0.1) is 5.92 Å². The average Bonchev–Trinajstić information content (AvgIpc) is 2.25. The Hall–Kier alpha value is -1.10. The highest BCUT2D eigenvalue weighted by Crippen LogP contribution is 2.08. The van der Waals surface area contributed by atoms with Crippen molar-refractivity contribution in [2.75, 3.05) is 6.54 Å². The Kier molecular flexibility index (Phi) is 4.73. The number of carboxylic acids is 1. The maximum atomic E-state index is 11.8. The fourth-order valence-corrected chi connectivity index (χ4v) is 1.84. The van der Waals surface area contributed by atoms with Gasteiger partial charge in [0.1, 0.15) is 6.04 Å². The molecule has 1 amide bonds. The van der Waals surface area contributed by atoms with Gasteiger partial charge in [-0.2, -0.15) is 0 Å². The van der Waals surface area contributed by atoms with E-state index in [1.165, 1.54) is 0 Å². The van der Waals surface area contributed by atoms with Gasteiger partial charge in [0.2, 0.25) is 5.91 Å². The third kappa shape index (κ3) is 3.48. The second-order valence-electron chi connectivity index (χ2n) is 4.57. The molecule has 92 valence electrons. The van der Waals surface area contributed by atoms with Gasteiger partial charge >= 0.3 is 5.97 Å². The number of hydrogen-bond acceptors (Lipinski definition) is 3. The summed E-state index contributed by atoms with van der Waals surface area (Å²) in [4.78, 5) is 22.7. The molecular formula is C11H20N2O3. The largest absolute Gasteiger partial charge is 0.480 e. The molecule has 0 unspecified atom stereocenters. The van der Waals surface area contributed by atoms with Gasteiger partial charge < -0.3 is 15.7 Å². The lowest BCUT2D eigenvalue weighted by Crippen LogP contribution is -2.53. The fourth-order valence-electron chi connectivity index (χ4n) is 1.84. The van der Waals surface area contributed by atoms with E-state index in [1.807, 2.05) is 0 Å². The SMILES string of the molecule is CC(C)[C@H](NC(=O)[C@@H]1CCCCN1)C(=O)O. The number of aliphatic carboxylic acids is 1. The minimum atomic E-state index is -0.973. The van der Waals surface area contributed by atoms with E-state index in [0.717, 1.165) is 25.8 Å². The monoisotopic (exact) mass is 228 g/mol. The van der Waals surface area contributed by atoms with Crippen LogP contribution in [0.3, 0.4) is 0 Å². The van der Waals surface area contributed by atoms with E-state index in [-0.39, 0.29) is 17.9 Å². The predicted molar refractivity (Wildman–Crippen MR) is 60.0 cm³/mol. The summed E-state index contributed by atoms with van der Waals surface area (Å²) in [6.45, 7) is 4.40. The van der Waals surface area contributed by atoms with Crippen LogP contribution in [0.4, 0.5) is 0 Å². The molecule has 1 aliphatic heterocycles. The van der Waals surface area contributed by atoms with Crippen molar-refractivity contribution in [3.05, 3.63) is 0 Å². The summed E-state index contributed by atoms with van der Waals surface area (Å²) in [5.74, 6) is -1.27. The molecule has 1 rings (SSSR count). The molecule has 0 aliphatic carbocycles. The number of carbonyl (C=O) groups excluding carboxylic acids is 1. The molecule has 3 N–H and O–H groups in total. The van der Waals surface area contributed by atoms with Gasteiger partial charge in [-0.25, -0.2) is 4.79 Å². The number of piperidine rings is 1. The molecule has 5 nitrogen and oxygen atoms in total. The van der Waals surface area contributed by atoms with Crippen molar-refractivity contribution in [1.29, 1.82) is 0 Å². The smallest absolute Gasteiger partial charge is 0.326 e. The van der Waals surface area contributed by atoms with Gasteiger partial charge in [0.25, 0.3) is 0 Å². The highest BCUT2D eigenvalue weighted by atomic mass is 16.4. The van der Waals surface area contributed by atoms with E-state index < -0.39 is 12.0 Å². The Balaban J connectivity index is 2.50. The Morgan fingerprint density at radius 3 is 2.50 bits per heavy atom. The number of carboxylic acid groups (broad SMARTS) is 1. The third-order valence-corrected chi connectivity index (χ3v) is 2.86. The summed E-state index contributed by atoms with van der Waals surface area (Å²) in [6.07, 6.45) is 2.89. The Labute approximate surface area is 95.6 Å². The molecule has 0 spiro atoms. The number of hydrogen-bond donors (Lipinski definition) is 3. The van der Waals surface area contributed by atoms with Crippen LogP contribution < -0.4 is 10.6 Å². The molecule has 16 heavy (non-hydrogen) atoms. The van der Waals surface area contributed by atoms with Gasteiger partial charge in [0, 0.05) is 0 Å². The van der Waals surface area contributed by atoms with Crippen LogP contribution in [0.5, 0.6) is 0 Å². The minimum Gasteiger partial charge on any atom is -0.480 e. The van der Waals surface area contributed by atoms with Crippen LogP contribution in [0.25, 0.3) is 0 Å². The third-order valence-electron chi connectivity index (χ3n) is 2.86. The van der Waals surface area contributed by atoms with Crippen LogP contribution in [0.1, 0.15) is 33.1 Å². The van der Waals surface area contributed by atoms with Gasteiger partial charge in [0.05, 0.1) is 6.04 Å². The van der Waals surface area contributed by atoms with Crippen molar-refractivity contribution in [2.45, 2.75) is 45.2 Å². The Morgan fingerprint density at radius 2 is 2.06 bits per heavy atom. The van der Waals surface area contributed by atoms with Crippen LogP contribution in [-0.4, -0.2) is 35.6 Å². The summed E-state index contributed by atoms with van der Waals surface area (Å²) < 4.78 is 0. The zero-order valence-corrected chi connectivity index (χ0v) is 9.82. The maximum Gasteiger partial charge on any atom is 0.326 e. The quantitative estimate of drug-likeness (QED) is 0.649. The molecule has 0 saturated carbocycles. The summed E-state index contributed by atoms with van der Waals surface area (Å²) in [6, 6.07) is -1.02. The normalized spacial score (nSPS) is 22.8. The fraction of sp³-hybridized carbons (Fsp3) is 0.818. The van der Waals surface area contributed by atoms with Crippen LogP contribution in [0.2, 0.25) is 0 Å². The van der Waals surface area contributed by atoms with Gasteiger partial charge in [-0.1, -0.05) is 20.3 Å². The highest BCUT2D eigenvalue weighted by Gasteiger charge is 2.27. The molecule has 0 aromatic carbocycles. The first-order chi connectivity index (χ1) is 7.52. The molecule has 1 aliphatic rings. The average molecular weight is 228 g/mol. The first-order valence-electron chi connectivity index (χ1n) is 5.79. The van der Waals surface area contributed by atoms with Crippen LogP contribution in [0.15, 0.2) is 0 Å². The minimum absolute atomic E-state index is 0.106. The molecule has 1 fully saturated rings. The van der Waals surface area contributed by atoms with E-state index in [1.54, 1.807) is 13.8 Å². The van der Waals surface area contributed by atoms with Gasteiger partial charge in [-0.05, 0) is 25.3 Å². The van der Waals surface area contributed by atoms with Crippen molar-refractivity contribution in [3.8, 4) is 0 Å². The van der Waals surface area contributed by atoms with E-state index in [2.05, 4.69) is 10.6 Å². The first-order valence-corrected chi connectivity index (χ1v) is 5.79. The standard InChI is InChI=1S/C11H20N2O3/c1-7(2)9(11(15)16)13-10(14)8-5-3-4-6-12-8/h7-9,12H,3-6H2,1-2H3,(H,13,14)(H,15,16)/t8-,9-/m0/s1. The summed E-state index contributed by atoms with van der Waals surface area (Å²) in [7, 11) is 0. The number of rotatable bonds is 4. The molecule has 2 atom stereocenters. The van der Waals surface area contributed by atoms with Gasteiger partial charge in [-0.15, -0.1) is 0 Å². The van der Waals surface area contributed by atoms with E-state index in [9.17, 15) is 9.59 Å². The van der Waals surface area contributed by atoms with Gasteiger partial charge in [0.15, 0.2) is 0 Å². The second-order valence-corrected chi connectivity index (χ2v) is 4.57. The van der Waals surface area contributed by atoms with Crippen molar-refractivity contribution >= 4 is 11.9 Å². The molecular weight excluding hydrogens is 208 g/mol. The maximum absolute atomic E-state index is 11.8. The second kappa shape index (κ2) is 5.84. The van der Waals surface area contributed by atoms with E-state index >= 15 is 0 Å².